The van der Waals surface area contributed by atoms with Crippen molar-refractivity contribution in [2.75, 3.05) is 13.2 Å². The van der Waals surface area contributed by atoms with Gasteiger partial charge < -0.3 is 14.8 Å². The van der Waals surface area contributed by atoms with Gasteiger partial charge in [-0.3, -0.25) is 9.78 Å². The van der Waals surface area contributed by atoms with E-state index in [9.17, 15) is 4.79 Å². The highest BCUT2D eigenvalue weighted by Gasteiger charge is 2.19. The maximum Gasteiger partial charge on any atom is 0.252 e. The molecule has 1 amide bonds. The number of pyridine rings is 2. The fraction of sp³-hybridized carbons (Fsp3) is 0.160. The highest BCUT2D eigenvalue weighted by Crippen LogP contribution is 2.33. The summed E-state index contributed by atoms with van der Waals surface area (Å²) in [4.78, 5) is 22.2. The van der Waals surface area contributed by atoms with E-state index in [1.54, 1.807) is 12.4 Å². The van der Waals surface area contributed by atoms with E-state index in [4.69, 9.17) is 14.5 Å². The Labute approximate surface area is 179 Å². The van der Waals surface area contributed by atoms with E-state index in [2.05, 4.69) is 10.3 Å². The molecular formula is C25H21N3O3. The fourth-order valence-electron chi connectivity index (χ4n) is 3.71. The van der Waals surface area contributed by atoms with Crippen molar-refractivity contribution >= 4 is 16.8 Å². The summed E-state index contributed by atoms with van der Waals surface area (Å²) < 4.78 is 11.3. The van der Waals surface area contributed by atoms with E-state index in [-0.39, 0.29) is 11.9 Å². The van der Waals surface area contributed by atoms with Crippen molar-refractivity contribution in [3.8, 4) is 22.8 Å². The van der Waals surface area contributed by atoms with Gasteiger partial charge in [-0.25, -0.2) is 4.98 Å². The van der Waals surface area contributed by atoms with E-state index < -0.39 is 0 Å². The summed E-state index contributed by atoms with van der Waals surface area (Å²) in [5.74, 6) is 1.28. The Morgan fingerprint density at radius 2 is 1.84 bits per heavy atom. The Morgan fingerprint density at radius 1 is 1.00 bits per heavy atom. The summed E-state index contributed by atoms with van der Waals surface area (Å²) in [6, 6.07) is 18.8. The summed E-state index contributed by atoms with van der Waals surface area (Å²) in [5.41, 5.74) is 3.87. The number of nitrogens with one attached hydrogen (secondary N) is 1. The number of para-hydroxylation sites is 1. The van der Waals surface area contributed by atoms with Crippen LogP contribution in [-0.2, 0) is 0 Å². The van der Waals surface area contributed by atoms with Crippen LogP contribution in [0.15, 0.2) is 73.1 Å². The van der Waals surface area contributed by atoms with Gasteiger partial charge in [-0.15, -0.1) is 0 Å². The maximum atomic E-state index is 13.3. The van der Waals surface area contributed by atoms with Crippen molar-refractivity contribution in [3.63, 3.8) is 0 Å². The van der Waals surface area contributed by atoms with Crippen molar-refractivity contribution in [2.24, 2.45) is 0 Å². The third-order valence-electron chi connectivity index (χ3n) is 5.33. The number of nitrogens with zero attached hydrogens (tertiary/aromatic N) is 2. The van der Waals surface area contributed by atoms with Crippen molar-refractivity contribution in [3.05, 3.63) is 84.2 Å². The molecule has 0 unspecified atom stereocenters. The third kappa shape index (κ3) is 3.80. The fourth-order valence-corrected chi connectivity index (χ4v) is 3.71. The van der Waals surface area contributed by atoms with Crippen LogP contribution >= 0.6 is 0 Å². The van der Waals surface area contributed by atoms with E-state index in [0.29, 0.717) is 30.2 Å². The Morgan fingerprint density at radius 3 is 2.68 bits per heavy atom. The molecule has 0 saturated carbocycles. The SMILES string of the molecule is C[C@H](NC(=O)c1cc(-c2cccnc2)nc2ccccc12)c1ccc2c(c1)OCCO2. The first-order valence-corrected chi connectivity index (χ1v) is 10.2. The van der Waals surface area contributed by atoms with Crippen molar-refractivity contribution in [2.45, 2.75) is 13.0 Å². The van der Waals surface area contributed by atoms with E-state index >= 15 is 0 Å². The molecule has 1 atom stereocenters. The summed E-state index contributed by atoms with van der Waals surface area (Å²) in [7, 11) is 0. The van der Waals surface area contributed by atoms with Crippen LogP contribution in [0.2, 0.25) is 0 Å². The summed E-state index contributed by atoms with van der Waals surface area (Å²) >= 11 is 0. The molecule has 2 aromatic carbocycles. The first-order chi connectivity index (χ1) is 15.2. The number of carbonyl (C=O) groups excluding carboxylic acids is 1. The second-order valence-electron chi connectivity index (χ2n) is 7.41. The maximum absolute atomic E-state index is 13.3. The van der Waals surface area contributed by atoms with Gasteiger partial charge in [0.25, 0.3) is 5.91 Å². The Balaban J connectivity index is 1.48. The molecule has 5 rings (SSSR count). The van der Waals surface area contributed by atoms with Crippen LogP contribution in [0.4, 0.5) is 0 Å². The lowest BCUT2D eigenvalue weighted by Crippen LogP contribution is -2.27. The van der Waals surface area contributed by atoms with Gasteiger partial charge in [0.05, 0.1) is 22.8 Å². The zero-order chi connectivity index (χ0) is 21.2. The molecule has 1 N–H and O–H groups in total. The van der Waals surface area contributed by atoms with Crippen LogP contribution in [0.25, 0.3) is 22.2 Å². The molecule has 0 aliphatic carbocycles. The number of rotatable bonds is 4. The van der Waals surface area contributed by atoms with Gasteiger partial charge in [-0.2, -0.15) is 0 Å². The van der Waals surface area contributed by atoms with Gasteiger partial charge in [-0.1, -0.05) is 24.3 Å². The molecule has 31 heavy (non-hydrogen) atoms. The molecule has 154 valence electrons. The van der Waals surface area contributed by atoms with Gasteiger partial charge in [0, 0.05) is 23.3 Å². The molecule has 1 aliphatic rings. The molecular weight excluding hydrogens is 390 g/mol. The van der Waals surface area contributed by atoms with Gasteiger partial charge in [0.15, 0.2) is 11.5 Å². The largest absolute Gasteiger partial charge is 0.486 e. The van der Waals surface area contributed by atoms with Crippen LogP contribution in [0.3, 0.4) is 0 Å². The number of carbonyl (C=O) groups is 1. The molecule has 0 spiro atoms. The number of hydrogen-bond donors (Lipinski definition) is 1. The van der Waals surface area contributed by atoms with E-state index in [1.165, 1.54) is 0 Å². The van der Waals surface area contributed by atoms with Gasteiger partial charge in [0.2, 0.25) is 0 Å². The third-order valence-corrected chi connectivity index (χ3v) is 5.33. The molecule has 6 nitrogen and oxygen atoms in total. The van der Waals surface area contributed by atoms with Crippen molar-refractivity contribution < 1.29 is 14.3 Å². The Bertz CT molecular complexity index is 1260. The lowest BCUT2D eigenvalue weighted by molar-refractivity contribution is 0.0941. The van der Waals surface area contributed by atoms with Crippen molar-refractivity contribution in [1.29, 1.82) is 0 Å². The lowest BCUT2D eigenvalue weighted by Gasteiger charge is -2.21. The lowest BCUT2D eigenvalue weighted by atomic mass is 10.0. The monoisotopic (exact) mass is 411 g/mol. The molecule has 2 aromatic heterocycles. The Hall–Kier alpha value is -3.93. The zero-order valence-corrected chi connectivity index (χ0v) is 17.0. The Kier molecular flexibility index (Phi) is 4.96. The molecule has 0 radical (unpaired) electrons. The standard InChI is InChI=1S/C25H21N3O3/c1-16(17-8-9-23-24(13-17)31-12-11-30-23)27-25(29)20-14-22(18-5-4-10-26-15-18)28-21-7-3-2-6-19(20)21/h2-10,13-16H,11-12H2,1H3,(H,27,29)/t16-/m0/s1. The van der Waals surface area contributed by atoms with Gasteiger partial charge >= 0.3 is 0 Å². The molecule has 4 aromatic rings. The van der Waals surface area contributed by atoms with Crippen LogP contribution in [-0.4, -0.2) is 29.1 Å². The number of hydrogen-bond acceptors (Lipinski definition) is 5. The molecule has 0 bridgehead atoms. The second-order valence-corrected chi connectivity index (χ2v) is 7.41. The molecule has 1 aliphatic heterocycles. The zero-order valence-electron chi connectivity index (χ0n) is 17.0. The molecule has 0 saturated heterocycles. The topological polar surface area (TPSA) is 73.3 Å². The van der Waals surface area contributed by atoms with Crippen molar-refractivity contribution in [1.82, 2.24) is 15.3 Å². The highest BCUT2D eigenvalue weighted by molar-refractivity contribution is 6.07. The van der Waals surface area contributed by atoms with Crippen LogP contribution in [0.5, 0.6) is 11.5 Å². The predicted octanol–water partition coefficient (Wildman–Crippen LogP) is 4.56. The number of ether oxygens (including phenoxy) is 2. The van der Waals surface area contributed by atoms with E-state index in [0.717, 1.165) is 27.8 Å². The summed E-state index contributed by atoms with van der Waals surface area (Å²) in [5, 5.41) is 3.92. The minimum absolute atomic E-state index is 0.161. The minimum atomic E-state index is -0.211. The van der Waals surface area contributed by atoms with E-state index in [1.807, 2.05) is 67.6 Å². The second kappa shape index (κ2) is 8.07. The number of aromatic nitrogens is 2. The number of amides is 1. The molecule has 3 heterocycles. The summed E-state index contributed by atoms with van der Waals surface area (Å²) in [6.07, 6.45) is 3.46. The number of benzene rings is 2. The predicted molar refractivity (Wildman–Crippen MR) is 118 cm³/mol. The first kappa shape index (κ1) is 19.1. The molecule has 0 fully saturated rings. The molecule has 6 heteroatoms. The first-order valence-electron chi connectivity index (χ1n) is 10.2. The average Bonchev–Trinajstić information content (AvgIpc) is 2.83. The van der Waals surface area contributed by atoms with Crippen LogP contribution in [0, 0.1) is 0 Å². The smallest absolute Gasteiger partial charge is 0.252 e. The van der Waals surface area contributed by atoms with Gasteiger partial charge in [-0.05, 0) is 48.9 Å². The highest BCUT2D eigenvalue weighted by atomic mass is 16.6. The minimum Gasteiger partial charge on any atom is -0.486 e. The average molecular weight is 411 g/mol. The van der Waals surface area contributed by atoms with Gasteiger partial charge in [0.1, 0.15) is 13.2 Å². The number of fused-ring (bicyclic) bond motifs is 2. The van der Waals surface area contributed by atoms with Crippen LogP contribution in [0.1, 0.15) is 28.9 Å². The normalized spacial score (nSPS) is 13.6. The quantitative estimate of drug-likeness (QED) is 0.533. The summed E-state index contributed by atoms with van der Waals surface area (Å²) in [6.45, 7) is 3.03. The van der Waals surface area contributed by atoms with Crippen LogP contribution < -0.4 is 14.8 Å².